The van der Waals surface area contributed by atoms with Gasteiger partial charge in [-0.2, -0.15) is 0 Å². The molecule has 0 unspecified atom stereocenters. The summed E-state index contributed by atoms with van der Waals surface area (Å²) in [4.78, 5) is 22.3. The molecule has 2 amide bonds. The molecule has 0 spiro atoms. The van der Waals surface area contributed by atoms with Crippen molar-refractivity contribution < 1.29 is 23.5 Å². The molecule has 0 saturated carbocycles. The number of amides is 2. The van der Waals surface area contributed by atoms with E-state index in [1.807, 2.05) is 5.32 Å². The van der Waals surface area contributed by atoms with E-state index in [1.54, 1.807) is 0 Å². The summed E-state index contributed by atoms with van der Waals surface area (Å²) in [6.07, 6.45) is -2.72. The number of nitrogens with one attached hydrogen (secondary N) is 2. The molecular formula is C10H8Cl2F2N2O3. The summed E-state index contributed by atoms with van der Waals surface area (Å²) in [5.74, 6) is -1.37. The molecule has 104 valence electrons. The lowest BCUT2D eigenvalue weighted by molar-refractivity contribution is 0.0698. The molecule has 0 fully saturated rings. The second kappa shape index (κ2) is 6.53. The van der Waals surface area contributed by atoms with E-state index in [4.69, 9.17) is 28.3 Å². The van der Waals surface area contributed by atoms with Crippen LogP contribution in [0, 0.1) is 0 Å². The van der Waals surface area contributed by atoms with Gasteiger partial charge in [0.25, 0.3) is 6.43 Å². The first-order valence-corrected chi connectivity index (χ1v) is 5.62. The summed E-state index contributed by atoms with van der Waals surface area (Å²) < 4.78 is 23.8. The minimum Gasteiger partial charge on any atom is -0.478 e. The van der Waals surface area contributed by atoms with Crippen molar-refractivity contribution in [2.75, 3.05) is 11.9 Å². The van der Waals surface area contributed by atoms with Gasteiger partial charge in [-0.05, 0) is 12.1 Å². The molecule has 0 aromatic heterocycles. The van der Waals surface area contributed by atoms with E-state index in [0.717, 1.165) is 6.07 Å². The standard InChI is InChI=1S/C10H8Cl2F2N2O3/c11-4-1-5(9(17)18)8(6(12)2-4)16-10(19)15-3-7(13)14/h1-2,7H,3H2,(H,17,18)(H2,15,16,19). The largest absolute Gasteiger partial charge is 0.478 e. The van der Waals surface area contributed by atoms with Crippen LogP contribution in [0.3, 0.4) is 0 Å². The Morgan fingerprint density at radius 2 is 1.95 bits per heavy atom. The van der Waals surface area contributed by atoms with E-state index in [1.165, 1.54) is 6.07 Å². The van der Waals surface area contributed by atoms with Gasteiger partial charge < -0.3 is 15.7 Å². The third-order valence-corrected chi connectivity index (χ3v) is 2.46. The summed E-state index contributed by atoms with van der Waals surface area (Å²) in [6.45, 7) is -0.862. The Morgan fingerprint density at radius 3 is 2.47 bits per heavy atom. The van der Waals surface area contributed by atoms with Crippen molar-refractivity contribution in [2.45, 2.75) is 6.43 Å². The van der Waals surface area contributed by atoms with Gasteiger partial charge in [-0.25, -0.2) is 18.4 Å². The molecule has 0 bridgehead atoms. The number of hydrogen-bond donors (Lipinski definition) is 3. The zero-order chi connectivity index (χ0) is 14.6. The van der Waals surface area contributed by atoms with Crippen LogP contribution in [0.2, 0.25) is 10.0 Å². The van der Waals surface area contributed by atoms with Gasteiger partial charge in [0.15, 0.2) is 0 Å². The topological polar surface area (TPSA) is 78.4 Å². The maximum absolute atomic E-state index is 11.9. The summed E-state index contributed by atoms with van der Waals surface area (Å²) in [5, 5.41) is 12.8. The van der Waals surface area contributed by atoms with Crippen LogP contribution in [0.1, 0.15) is 10.4 Å². The molecule has 0 saturated heterocycles. The van der Waals surface area contributed by atoms with Gasteiger partial charge in [0.05, 0.1) is 22.8 Å². The molecule has 19 heavy (non-hydrogen) atoms. The molecule has 0 atom stereocenters. The molecule has 9 heteroatoms. The molecule has 1 aromatic carbocycles. The number of urea groups is 1. The summed E-state index contributed by atoms with van der Waals surface area (Å²) in [5.41, 5.74) is -0.560. The second-order valence-electron chi connectivity index (χ2n) is 3.34. The number of benzene rings is 1. The predicted octanol–water partition coefficient (Wildman–Crippen LogP) is 3.08. The van der Waals surface area contributed by atoms with E-state index in [9.17, 15) is 18.4 Å². The van der Waals surface area contributed by atoms with Crippen LogP contribution in [0.25, 0.3) is 0 Å². The Labute approximate surface area is 116 Å². The van der Waals surface area contributed by atoms with Crippen LogP contribution in [0.15, 0.2) is 12.1 Å². The minimum atomic E-state index is -2.72. The van der Waals surface area contributed by atoms with Crippen molar-refractivity contribution in [1.82, 2.24) is 5.32 Å². The van der Waals surface area contributed by atoms with Gasteiger partial charge in [0.1, 0.15) is 0 Å². The Morgan fingerprint density at radius 1 is 1.32 bits per heavy atom. The summed E-state index contributed by atoms with van der Waals surface area (Å²) >= 11 is 11.4. The van der Waals surface area contributed by atoms with E-state index in [2.05, 4.69) is 5.32 Å². The highest BCUT2D eigenvalue weighted by Gasteiger charge is 2.17. The lowest BCUT2D eigenvalue weighted by Gasteiger charge is -2.11. The van der Waals surface area contributed by atoms with Crippen LogP contribution >= 0.6 is 23.2 Å². The van der Waals surface area contributed by atoms with Crippen molar-refractivity contribution in [2.24, 2.45) is 0 Å². The number of anilines is 1. The molecule has 0 aliphatic carbocycles. The van der Waals surface area contributed by atoms with Gasteiger partial charge in [0, 0.05) is 5.02 Å². The fourth-order valence-electron chi connectivity index (χ4n) is 1.20. The molecule has 3 N–H and O–H groups in total. The Kier molecular flexibility index (Phi) is 5.31. The second-order valence-corrected chi connectivity index (χ2v) is 4.19. The van der Waals surface area contributed by atoms with Crippen molar-refractivity contribution in [1.29, 1.82) is 0 Å². The number of carbonyl (C=O) groups is 2. The molecule has 1 rings (SSSR count). The van der Waals surface area contributed by atoms with E-state index >= 15 is 0 Å². The Balaban J connectivity index is 2.94. The lowest BCUT2D eigenvalue weighted by Crippen LogP contribution is -2.33. The molecule has 0 radical (unpaired) electrons. The lowest BCUT2D eigenvalue weighted by atomic mass is 10.2. The molecular weight excluding hydrogens is 305 g/mol. The first kappa shape index (κ1) is 15.5. The first-order chi connectivity index (χ1) is 8.81. The number of hydrogen-bond acceptors (Lipinski definition) is 2. The molecule has 1 aromatic rings. The first-order valence-electron chi connectivity index (χ1n) is 4.86. The van der Waals surface area contributed by atoms with E-state index in [-0.39, 0.29) is 21.3 Å². The van der Waals surface area contributed by atoms with Crippen molar-refractivity contribution in [3.8, 4) is 0 Å². The number of carboxylic acids is 1. The SMILES string of the molecule is O=C(NCC(F)F)Nc1c(Cl)cc(Cl)cc1C(=O)O. The van der Waals surface area contributed by atoms with Crippen LogP contribution < -0.4 is 10.6 Å². The van der Waals surface area contributed by atoms with Crippen LogP contribution in [-0.4, -0.2) is 30.1 Å². The summed E-state index contributed by atoms with van der Waals surface area (Å²) in [7, 11) is 0. The minimum absolute atomic E-state index is 0.0703. The number of alkyl halides is 2. The van der Waals surface area contributed by atoms with Gasteiger partial charge in [-0.3, -0.25) is 0 Å². The number of rotatable bonds is 4. The fraction of sp³-hybridized carbons (Fsp3) is 0.200. The van der Waals surface area contributed by atoms with Crippen LogP contribution in [0.5, 0.6) is 0 Å². The van der Waals surface area contributed by atoms with Crippen LogP contribution in [-0.2, 0) is 0 Å². The zero-order valence-corrected chi connectivity index (χ0v) is 10.7. The maximum Gasteiger partial charge on any atom is 0.337 e. The number of halogens is 4. The molecule has 0 aliphatic rings. The maximum atomic E-state index is 11.9. The predicted molar refractivity (Wildman–Crippen MR) is 66.4 cm³/mol. The van der Waals surface area contributed by atoms with Gasteiger partial charge in [-0.1, -0.05) is 23.2 Å². The van der Waals surface area contributed by atoms with Gasteiger partial charge in [0.2, 0.25) is 0 Å². The molecule has 0 heterocycles. The Hall–Kier alpha value is -1.60. The highest BCUT2D eigenvalue weighted by molar-refractivity contribution is 6.37. The van der Waals surface area contributed by atoms with Gasteiger partial charge >= 0.3 is 12.0 Å². The normalized spacial score (nSPS) is 10.4. The van der Waals surface area contributed by atoms with Crippen molar-refractivity contribution >= 4 is 40.9 Å². The third kappa shape index (κ3) is 4.53. The van der Waals surface area contributed by atoms with Gasteiger partial charge in [-0.15, -0.1) is 0 Å². The van der Waals surface area contributed by atoms with Crippen molar-refractivity contribution in [3.63, 3.8) is 0 Å². The zero-order valence-electron chi connectivity index (χ0n) is 9.21. The third-order valence-electron chi connectivity index (χ3n) is 1.94. The average molecular weight is 313 g/mol. The number of carbonyl (C=O) groups excluding carboxylic acids is 1. The number of aromatic carboxylic acids is 1. The highest BCUT2D eigenvalue weighted by Crippen LogP contribution is 2.30. The quantitative estimate of drug-likeness (QED) is 0.799. The van der Waals surface area contributed by atoms with Crippen LogP contribution in [0.4, 0.5) is 19.3 Å². The molecule has 5 nitrogen and oxygen atoms in total. The Bertz CT molecular complexity index is 512. The highest BCUT2D eigenvalue weighted by atomic mass is 35.5. The van der Waals surface area contributed by atoms with Crippen molar-refractivity contribution in [3.05, 3.63) is 27.7 Å². The van der Waals surface area contributed by atoms with E-state index < -0.39 is 25.0 Å². The fourth-order valence-corrected chi connectivity index (χ4v) is 1.74. The summed E-state index contributed by atoms with van der Waals surface area (Å²) in [6, 6.07) is 1.31. The average Bonchev–Trinajstić information content (AvgIpc) is 2.29. The number of carboxylic acid groups (broad SMARTS) is 1. The smallest absolute Gasteiger partial charge is 0.337 e. The molecule has 0 aliphatic heterocycles. The monoisotopic (exact) mass is 312 g/mol. The van der Waals surface area contributed by atoms with E-state index in [0.29, 0.717) is 0 Å².